The summed E-state index contributed by atoms with van der Waals surface area (Å²) in [7, 11) is 2.79. The van der Waals surface area contributed by atoms with Gasteiger partial charge in [0, 0.05) is 12.6 Å². The van der Waals surface area contributed by atoms with Crippen molar-refractivity contribution in [2.75, 3.05) is 39.3 Å². The predicted molar refractivity (Wildman–Crippen MR) is 72.1 cm³/mol. The number of ether oxygens (including phenoxy) is 3. The summed E-state index contributed by atoms with van der Waals surface area (Å²) in [5.41, 5.74) is 0.586. The van der Waals surface area contributed by atoms with Crippen LogP contribution in [0, 0.1) is 0 Å². The first-order chi connectivity index (χ1) is 9.60. The molecule has 0 heterocycles. The Morgan fingerprint density at radius 1 is 1.40 bits per heavy atom. The molecule has 0 aliphatic heterocycles. The average Bonchev–Trinajstić information content (AvgIpc) is 2.49. The largest absolute Gasteiger partial charge is 0.495 e. The van der Waals surface area contributed by atoms with Crippen molar-refractivity contribution in [2.24, 2.45) is 0 Å². The molecule has 0 aliphatic rings. The zero-order valence-electron chi connectivity index (χ0n) is 11.5. The number of carbonyl (C=O) groups is 1. The lowest BCUT2D eigenvalue weighted by Gasteiger charge is -2.15. The minimum Gasteiger partial charge on any atom is -0.495 e. The number of hydrogen-bond donors (Lipinski definition) is 3. The van der Waals surface area contributed by atoms with E-state index >= 15 is 0 Å². The number of aliphatic hydroxyl groups is 2. The summed E-state index contributed by atoms with van der Waals surface area (Å²) in [5.74, 6) is 0.531. The first-order valence-corrected chi connectivity index (χ1v) is 6.01. The van der Waals surface area contributed by atoms with Crippen LogP contribution < -0.4 is 14.8 Å². The third-order valence-corrected chi connectivity index (χ3v) is 2.49. The van der Waals surface area contributed by atoms with Crippen molar-refractivity contribution in [3.63, 3.8) is 0 Å². The minimum absolute atomic E-state index is 0.160. The Morgan fingerprint density at radius 3 is 2.75 bits per heavy atom. The number of aliphatic hydroxyl groups excluding tert-OH is 2. The van der Waals surface area contributed by atoms with Gasteiger partial charge in [0.05, 0.1) is 32.6 Å². The summed E-state index contributed by atoms with van der Waals surface area (Å²) in [5, 5.41) is 21.0. The molecular formula is C13H19NO6. The van der Waals surface area contributed by atoms with Crippen LogP contribution in [0.25, 0.3) is 0 Å². The average molecular weight is 285 g/mol. The SMILES string of the molecule is COC(=O)COc1ccc(OC)c(NCC(O)CO)c1. The number of carbonyl (C=O) groups excluding carboxylic acids is 1. The van der Waals surface area contributed by atoms with Crippen molar-refractivity contribution in [1.82, 2.24) is 0 Å². The van der Waals surface area contributed by atoms with Crippen molar-refractivity contribution >= 4 is 11.7 Å². The topological polar surface area (TPSA) is 97.3 Å². The van der Waals surface area contributed by atoms with Crippen molar-refractivity contribution in [2.45, 2.75) is 6.10 Å². The highest BCUT2D eigenvalue weighted by molar-refractivity contribution is 5.71. The van der Waals surface area contributed by atoms with E-state index in [0.717, 1.165) is 0 Å². The van der Waals surface area contributed by atoms with E-state index in [2.05, 4.69) is 10.1 Å². The molecule has 112 valence electrons. The summed E-state index contributed by atoms with van der Waals surface area (Å²) in [4.78, 5) is 11.0. The van der Waals surface area contributed by atoms with Crippen LogP contribution in [0.4, 0.5) is 5.69 Å². The minimum atomic E-state index is -0.876. The van der Waals surface area contributed by atoms with Gasteiger partial charge in [-0.15, -0.1) is 0 Å². The lowest BCUT2D eigenvalue weighted by molar-refractivity contribution is -0.142. The molecule has 3 N–H and O–H groups in total. The Kier molecular flexibility index (Phi) is 6.61. The Morgan fingerprint density at radius 2 is 2.15 bits per heavy atom. The standard InChI is InChI=1S/C13H19NO6/c1-18-12-4-3-10(20-8-13(17)19-2)5-11(12)14-6-9(16)7-15/h3-5,9,14-16H,6-8H2,1-2H3. The van der Waals surface area contributed by atoms with Gasteiger partial charge in [0.2, 0.25) is 0 Å². The number of rotatable bonds is 8. The quantitative estimate of drug-likeness (QED) is 0.579. The van der Waals surface area contributed by atoms with E-state index < -0.39 is 12.1 Å². The fourth-order valence-electron chi connectivity index (χ4n) is 1.41. The Hall–Kier alpha value is -1.99. The molecule has 1 unspecified atom stereocenters. The maximum atomic E-state index is 11.0. The molecule has 1 rings (SSSR count). The van der Waals surface area contributed by atoms with Gasteiger partial charge in [-0.1, -0.05) is 0 Å². The van der Waals surface area contributed by atoms with Gasteiger partial charge in [-0.05, 0) is 12.1 Å². The summed E-state index contributed by atoms with van der Waals surface area (Å²) >= 11 is 0. The molecule has 20 heavy (non-hydrogen) atoms. The summed E-state index contributed by atoms with van der Waals surface area (Å²) < 4.78 is 14.9. The summed E-state index contributed by atoms with van der Waals surface area (Å²) in [6, 6.07) is 4.95. The fourth-order valence-corrected chi connectivity index (χ4v) is 1.41. The molecular weight excluding hydrogens is 266 g/mol. The number of benzene rings is 1. The predicted octanol–water partition coefficient (Wildman–Crippen LogP) is 0.0121. The highest BCUT2D eigenvalue weighted by Gasteiger charge is 2.09. The molecule has 0 aliphatic carbocycles. The molecule has 0 spiro atoms. The van der Waals surface area contributed by atoms with Gasteiger partial charge in [-0.2, -0.15) is 0 Å². The molecule has 1 aromatic carbocycles. The van der Waals surface area contributed by atoms with Gasteiger partial charge in [0.25, 0.3) is 0 Å². The van der Waals surface area contributed by atoms with Crippen LogP contribution in [0.15, 0.2) is 18.2 Å². The molecule has 1 atom stereocenters. The molecule has 0 bridgehead atoms. The normalized spacial score (nSPS) is 11.6. The van der Waals surface area contributed by atoms with E-state index in [1.54, 1.807) is 18.2 Å². The third kappa shape index (κ3) is 4.94. The molecule has 0 saturated heterocycles. The Labute approximate surface area is 117 Å². The van der Waals surface area contributed by atoms with Gasteiger partial charge in [0.1, 0.15) is 11.5 Å². The number of hydrogen-bond acceptors (Lipinski definition) is 7. The number of anilines is 1. The van der Waals surface area contributed by atoms with Gasteiger partial charge < -0.3 is 29.7 Å². The molecule has 0 saturated carbocycles. The fraction of sp³-hybridized carbons (Fsp3) is 0.462. The van der Waals surface area contributed by atoms with Crippen LogP contribution in [0.5, 0.6) is 11.5 Å². The van der Waals surface area contributed by atoms with Crippen molar-refractivity contribution in [1.29, 1.82) is 0 Å². The van der Waals surface area contributed by atoms with E-state index in [1.165, 1.54) is 14.2 Å². The van der Waals surface area contributed by atoms with Crippen LogP contribution in [0.1, 0.15) is 0 Å². The second-order valence-electron chi connectivity index (χ2n) is 3.94. The maximum Gasteiger partial charge on any atom is 0.343 e. The first kappa shape index (κ1) is 16.1. The highest BCUT2D eigenvalue weighted by Crippen LogP contribution is 2.29. The molecule has 7 heteroatoms. The van der Waals surface area contributed by atoms with Crippen molar-refractivity contribution in [3.8, 4) is 11.5 Å². The molecule has 0 radical (unpaired) electrons. The van der Waals surface area contributed by atoms with E-state index in [0.29, 0.717) is 17.2 Å². The van der Waals surface area contributed by atoms with Crippen LogP contribution in [-0.2, 0) is 9.53 Å². The highest BCUT2D eigenvalue weighted by atomic mass is 16.6. The van der Waals surface area contributed by atoms with Gasteiger partial charge in [-0.3, -0.25) is 0 Å². The molecule has 0 aromatic heterocycles. The molecule has 0 fully saturated rings. The maximum absolute atomic E-state index is 11.0. The van der Waals surface area contributed by atoms with Gasteiger partial charge in [-0.25, -0.2) is 4.79 Å². The van der Waals surface area contributed by atoms with Crippen LogP contribution in [-0.4, -0.2) is 56.3 Å². The number of methoxy groups -OCH3 is 2. The smallest absolute Gasteiger partial charge is 0.343 e. The Bertz CT molecular complexity index is 437. The van der Waals surface area contributed by atoms with Gasteiger partial charge in [0.15, 0.2) is 6.61 Å². The zero-order valence-corrected chi connectivity index (χ0v) is 11.5. The van der Waals surface area contributed by atoms with Crippen LogP contribution in [0.3, 0.4) is 0 Å². The van der Waals surface area contributed by atoms with Crippen LogP contribution >= 0.6 is 0 Å². The lowest BCUT2D eigenvalue weighted by Crippen LogP contribution is -2.23. The first-order valence-electron chi connectivity index (χ1n) is 6.01. The van der Waals surface area contributed by atoms with E-state index in [4.69, 9.17) is 14.6 Å². The third-order valence-electron chi connectivity index (χ3n) is 2.49. The van der Waals surface area contributed by atoms with E-state index in [9.17, 15) is 9.90 Å². The van der Waals surface area contributed by atoms with E-state index in [-0.39, 0.29) is 19.8 Å². The van der Waals surface area contributed by atoms with Gasteiger partial charge >= 0.3 is 5.97 Å². The van der Waals surface area contributed by atoms with Crippen molar-refractivity contribution < 1.29 is 29.2 Å². The number of esters is 1. The second-order valence-corrected chi connectivity index (χ2v) is 3.94. The lowest BCUT2D eigenvalue weighted by atomic mass is 10.2. The Balaban J connectivity index is 2.72. The van der Waals surface area contributed by atoms with E-state index in [1.807, 2.05) is 0 Å². The van der Waals surface area contributed by atoms with Crippen molar-refractivity contribution in [3.05, 3.63) is 18.2 Å². The molecule has 1 aromatic rings. The molecule has 0 amide bonds. The summed E-state index contributed by atoms with van der Waals surface area (Å²) in [6.45, 7) is -0.372. The number of nitrogens with one attached hydrogen (secondary N) is 1. The summed E-state index contributed by atoms with van der Waals surface area (Å²) in [6.07, 6.45) is -0.876. The second kappa shape index (κ2) is 8.23. The zero-order chi connectivity index (χ0) is 15.0. The monoisotopic (exact) mass is 285 g/mol. The molecule has 7 nitrogen and oxygen atoms in total. The van der Waals surface area contributed by atoms with Crippen LogP contribution in [0.2, 0.25) is 0 Å².